The molecule has 0 spiro atoms. The van der Waals surface area contributed by atoms with Crippen LogP contribution in [0, 0.1) is 5.92 Å². The molecule has 0 bridgehead atoms. The molecule has 0 heterocycles. The number of ether oxygens (including phenoxy) is 1. The first-order valence-electron chi connectivity index (χ1n) is 6.79. The van der Waals surface area contributed by atoms with Gasteiger partial charge in [-0.2, -0.15) is 0 Å². The third-order valence-electron chi connectivity index (χ3n) is 3.41. The van der Waals surface area contributed by atoms with Gasteiger partial charge in [0.05, 0.1) is 13.0 Å². The van der Waals surface area contributed by atoms with Gasteiger partial charge in [0.15, 0.2) is 0 Å². The second-order valence-electron chi connectivity index (χ2n) is 4.83. The van der Waals surface area contributed by atoms with Crippen LogP contribution in [0.4, 0.5) is 4.79 Å². The topological polar surface area (TPSA) is 67.4 Å². The predicted octanol–water partition coefficient (Wildman–Crippen LogP) is 1.82. The summed E-state index contributed by atoms with van der Waals surface area (Å²) >= 11 is 0. The molecule has 1 aliphatic carbocycles. The van der Waals surface area contributed by atoms with Gasteiger partial charge in [-0.15, -0.1) is 0 Å². The van der Waals surface area contributed by atoms with Crippen molar-refractivity contribution in [1.82, 2.24) is 10.6 Å². The van der Waals surface area contributed by atoms with E-state index in [2.05, 4.69) is 17.6 Å². The van der Waals surface area contributed by atoms with Gasteiger partial charge >= 0.3 is 12.0 Å². The summed E-state index contributed by atoms with van der Waals surface area (Å²) in [6, 6.07) is 0.0949. The molecule has 2 amide bonds. The van der Waals surface area contributed by atoms with Gasteiger partial charge in [0.2, 0.25) is 0 Å². The molecule has 1 saturated carbocycles. The Morgan fingerprint density at radius 2 is 1.89 bits per heavy atom. The summed E-state index contributed by atoms with van der Waals surface area (Å²) in [6.07, 6.45) is 5.37. The molecule has 1 rings (SSSR count). The van der Waals surface area contributed by atoms with Gasteiger partial charge in [-0.25, -0.2) is 4.79 Å². The fourth-order valence-corrected chi connectivity index (χ4v) is 2.26. The largest absolute Gasteiger partial charge is 0.469 e. The molecule has 104 valence electrons. The number of rotatable bonds is 5. The Morgan fingerprint density at radius 1 is 1.22 bits per heavy atom. The van der Waals surface area contributed by atoms with Crippen molar-refractivity contribution in [3.8, 4) is 0 Å². The highest BCUT2D eigenvalue weighted by Crippen LogP contribution is 2.25. The molecule has 0 atom stereocenters. The zero-order chi connectivity index (χ0) is 13.4. The number of nitrogens with one attached hydrogen (secondary N) is 2. The molecular weight excluding hydrogens is 232 g/mol. The van der Waals surface area contributed by atoms with Gasteiger partial charge in [-0.05, 0) is 32.1 Å². The summed E-state index contributed by atoms with van der Waals surface area (Å²) < 4.78 is 4.73. The summed E-state index contributed by atoms with van der Waals surface area (Å²) in [6.45, 7) is 2.81. The summed E-state index contributed by atoms with van der Waals surface area (Å²) in [5, 5.41) is 5.79. The minimum atomic E-state index is -0.124. The summed E-state index contributed by atoms with van der Waals surface area (Å²) in [4.78, 5) is 22.9. The molecule has 0 radical (unpaired) electrons. The van der Waals surface area contributed by atoms with Crippen LogP contribution >= 0.6 is 0 Å². The highest BCUT2D eigenvalue weighted by Gasteiger charge is 2.27. The number of methoxy groups -OCH3 is 1. The van der Waals surface area contributed by atoms with E-state index in [1.165, 1.54) is 7.11 Å². The number of amides is 2. The molecular formula is C13H24N2O3. The van der Waals surface area contributed by atoms with E-state index >= 15 is 0 Å². The summed E-state index contributed by atoms with van der Waals surface area (Å²) in [7, 11) is 1.42. The maximum absolute atomic E-state index is 11.5. The van der Waals surface area contributed by atoms with Crippen LogP contribution in [0.25, 0.3) is 0 Å². The number of hydrogen-bond donors (Lipinski definition) is 2. The van der Waals surface area contributed by atoms with E-state index in [0.29, 0.717) is 0 Å². The SMILES string of the molecule is CCCCNC(=O)NC1CCC(C(=O)OC)CC1. The third kappa shape index (κ3) is 4.94. The first kappa shape index (κ1) is 14.8. The number of carbonyl (C=O) groups is 2. The van der Waals surface area contributed by atoms with Crippen LogP contribution in [0.3, 0.4) is 0 Å². The lowest BCUT2D eigenvalue weighted by atomic mass is 9.86. The molecule has 0 unspecified atom stereocenters. The molecule has 0 aliphatic heterocycles. The Bertz CT molecular complexity index is 273. The highest BCUT2D eigenvalue weighted by atomic mass is 16.5. The Kier molecular flexibility index (Phi) is 6.54. The molecule has 0 aromatic heterocycles. The zero-order valence-corrected chi connectivity index (χ0v) is 11.3. The quantitative estimate of drug-likeness (QED) is 0.582. The fraction of sp³-hybridized carbons (Fsp3) is 0.846. The van der Waals surface area contributed by atoms with E-state index < -0.39 is 0 Å². The van der Waals surface area contributed by atoms with Crippen molar-refractivity contribution in [2.75, 3.05) is 13.7 Å². The van der Waals surface area contributed by atoms with Gasteiger partial charge < -0.3 is 15.4 Å². The maximum atomic E-state index is 11.5. The summed E-state index contributed by atoms with van der Waals surface area (Å²) in [5.41, 5.74) is 0. The molecule has 2 N–H and O–H groups in total. The van der Waals surface area contributed by atoms with Gasteiger partial charge in [-0.3, -0.25) is 4.79 Å². The van der Waals surface area contributed by atoms with Crippen molar-refractivity contribution in [3.63, 3.8) is 0 Å². The average molecular weight is 256 g/mol. The van der Waals surface area contributed by atoms with E-state index in [1.807, 2.05) is 0 Å². The van der Waals surface area contributed by atoms with Gasteiger partial charge in [0.25, 0.3) is 0 Å². The van der Waals surface area contributed by atoms with Crippen molar-refractivity contribution in [3.05, 3.63) is 0 Å². The molecule has 5 nitrogen and oxygen atoms in total. The fourth-order valence-electron chi connectivity index (χ4n) is 2.26. The molecule has 0 saturated heterocycles. The molecule has 0 aromatic rings. The van der Waals surface area contributed by atoms with E-state index in [1.54, 1.807) is 0 Å². The third-order valence-corrected chi connectivity index (χ3v) is 3.41. The monoisotopic (exact) mass is 256 g/mol. The van der Waals surface area contributed by atoms with Crippen molar-refractivity contribution >= 4 is 12.0 Å². The number of urea groups is 1. The second kappa shape index (κ2) is 7.95. The van der Waals surface area contributed by atoms with Crippen LogP contribution in [0.5, 0.6) is 0 Å². The Morgan fingerprint density at radius 3 is 2.44 bits per heavy atom. The van der Waals surface area contributed by atoms with Crippen LogP contribution in [-0.4, -0.2) is 31.7 Å². The Hall–Kier alpha value is -1.26. The van der Waals surface area contributed by atoms with Crippen molar-refractivity contribution in [2.24, 2.45) is 5.92 Å². The van der Waals surface area contributed by atoms with Crippen LogP contribution in [-0.2, 0) is 9.53 Å². The lowest BCUT2D eigenvalue weighted by Gasteiger charge is -2.27. The van der Waals surface area contributed by atoms with Crippen molar-refractivity contribution < 1.29 is 14.3 Å². The van der Waals surface area contributed by atoms with Crippen LogP contribution in [0.2, 0.25) is 0 Å². The normalized spacial score (nSPS) is 23.2. The minimum absolute atomic E-state index is 0.0104. The highest BCUT2D eigenvalue weighted by molar-refractivity contribution is 5.74. The lowest BCUT2D eigenvalue weighted by molar-refractivity contribution is -0.146. The zero-order valence-electron chi connectivity index (χ0n) is 11.3. The molecule has 5 heteroatoms. The first-order chi connectivity index (χ1) is 8.67. The van der Waals surface area contributed by atoms with Gasteiger partial charge in [-0.1, -0.05) is 13.3 Å². The van der Waals surface area contributed by atoms with Gasteiger partial charge in [0.1, 0.15) is 0 Å². The van der Waals surface area contributed by atoms with E-state index in [4.69, 9.17) is 4.74 Å². The smallest absolute Gasteiger partial charge is 0.315 e. The van der Waals surface area contributed by atoms with E-state index in [-0.39, 0.29) is 24.0 Å². The minimum Gasteiger partial charge on any atom is -0.469 e. The van der Waals surface area contributed by atoms with E-state index in [0.717, 1.165) is 45.1 Å². The molecule has 0 aromatic carbocycles. The first-order valence-corrected chi connectivity index (χ1v) is 6.79. The number of hydrogen-bond acceptors (Lipinski definition) is 3. The molecule has 18 heavy (non-hydrogen) atoms. The second-order valence-corrected chi connectivity index (χ2v) is 4.83. The molecule has 1 fully saturated rings. The summed E-state index contributed by atoms with van der Waals surface area (Å²) in [5.74, 6) is -0.114. The standard InChI is InChI=1S/C13H24N2O3/c1-3-4-9-14-13(17)15-11-7-5-10(6-8-11)12(16)18-2/h10-11H,3-9H2,1-2H3,(H2,14,15,17). The van der Waals surface area contributed by atoms with Crippen LogP contribution in [0.1, 0.15) is 45.4 Å². The maximum Gasteiger partial charge on any atom is 0.315 e. The van der Waals surface area contributed by atoms with Crippen LogP contribution < -0.4 is 10.6 Å². The number of carbonyl (C=O) groups excluding carboxylic acids is 2. The number of unbranched alkanes of at least 4 members (excludes halogenated alkanes) is 1. The lowest BCUT2D eigenvalue weighted by Crippen LogP contribution is -2.44. The average Bonchev–Trinajstić information content (AvgIpc) is 2.39. The van der Waals surface area contributed by atoms with Crippen LogP contribution in [0.15, 0.2) is 0 Å². The predicted molar refractivity (Wildman–Crippen MR) is 69.2 cm³/mol. The number of esters is 1. The molecule has 1 aliphatic rings. The van der Waals surface area contributed by atoms with Crippen molar-refractivity contribution in [1.29, 1.82) is 0 Å². The Balaban J connectivity index is 2.18. The van der Waals surface area contributed by atoms with Crippen molar-refractivity contribution in [2.45, 2.75) is 51.5 Å². The van der Waals surface area contributed by atoms with E-state index in [9.17, 15) is 9.59 Å². The van der Waals surface area contributed by atoms with Gasteiger partial charge in [0, 0.05) is 12.6 Å². The Labute approximate surface area is 109 Å².